The van der Waals surface area contributed by atoms with Crippen LogP contribution in [0.25, 0.3) is 0 Å². The van der Waals surface area contributed by atoms with Gasteiger partial charge in [-0.15, -0.1) is 0 Å². The highest BCUT2D eigenvalue weighted by Crippen LogP contribution is 2.36. The maximum atomic E-state index is 12.3. The van der Waals surface area contributed by atoms with Gasteiger partial charge in [-0.3, -0.25) is 9.69 Å². The van der Waals surface area contributed by atoms with Gasteiger partial charge in [0.2, 0.25) is 6.41 Å². The molecule has 0 saturated carbocycles. The minimum Gasteiger partial charge on any atom is -0.492 e. The van der Waals surface area contributed by atoms with E-state index in [0.29, 0.717) is 18.7 Å². The lowest BCUT2D eigenvalue weighted by Crippen LogP contribution is -2.38. The van der Waals surface area contributed by atoms with Crippen molar-refractivity contribution < 1.29 is 27.4 Å². The normalized spacial score (nSPS) is 14.2. The van der Waals surface area contributed by atoms with Gasteiger partial charge in [0.05, 0.1) is 23.8 Å². The van der Waals surface area contributed by atoms with E-state index in [4.69, 9.17) is 21.1 Å². The minimum atomic E-state index is -4.40. The van der Waals surface area contributed by atoms with Crippen LogP contribution in [0.15, 0.2) is 36.4 Å². The Morgan fingerprint density at radius 1 is 1.16 bits per heavy atom. The van der Waals surface area contributed by atoms with Gasteiger partial charge in [0.15, 0.2) is 0 Å². The molecule has 32 heavy (non-hydrogen) atoms. The molecule has 2 aromatic rings. The van der Waals surface area contributed by atoms with Gasteiger partial charge in [-0.25, -0.2) is 0 Å². The number of benzene rings is 2. The lowest BCUT2D eigenvalue weighted by atomic mass is 10.2. The fraction of sp³-hybridized carbons (Fsp3) is 0.409. The first-order valence-corrected chi connectivity index (χ1v) is 10.4. The number of hydrogen-bond donors (Lipinski definition) is 2. The van der Waals surface area contributed by atoms with Crippen LogP contribution in [-0.4, -0.2) is 57.8 Å². The Labute approximate surface area is 190 Å². The predicted octanol–water partition coefficient (Wildman–Crippen LogP) is 4.67. The molecule has 2 aromatic carbocycles. The summed E-state index contributed by atoms with van der Waals surface area (Å²) in [6.45, 7) is 7.08. The molecule has 0 bridgehead atoms. The molecule has 176 valence electrons. The van der Waals surface area contributed by atoms with E-state index in [-0.39, 0.29) is 5.02 Å². The third-order valence-corrected chi connectivity index (χ3v) is 5.07. The van der Waals surface area contributed by atoms with Crippen LogP contribution < -0.4 is 15.4 Å². The average Bonchev–Trinajstić information content (AvgIpc) is 2.77. The number of nitrogens with zero attached hydrogens (tertiary/aromatic N) is 1. The molecule has 0 aromatic heterocycles. The number of hydrogen-bond acceptors (Lipinski definition) is 5. The summed E-state index contributed by atoms with van der Waals surface area (Å²) in [7, 11) is 1.55. The zero-order valence-corrected chi connectivity index (χ0v) is 18.7. The number of halogens is 4. The van der Waals surface area contributed by atoms with E-state index in [1.165, 1.54) is 12.1 Å². The number of carbonyl (C=O) groups is 1. The topological polar surface area (TPSA) is 62.8 Å². The Morgan fingerprint density at radius 3 is 2.47 bits per heavy atom. The number of amides is 1. The van der Waals surface area contributed by atoms with Crippen LogP contribution in [0, 0.1) is 6.92 Å². The highest BCUT2D eigenvalue weighted by atomic mass is 35.5. The molecule has 0 unspecified atom stereocenters. The second-order valence-corrected chi connectivity index (χ2v) is 7.39. The summed E-state index contributed by atoms with van der Waals surface area (Å²) in [5, 5.41) is 4.95. The number of aryl methyl sites for hydroxylation is 1. The van der Waals surface area contributed by atoms with Crippen molar-refractivity contribution in [1.29, 1.82) is 0 Å². The molecule has 0 atom stereocenters. The SMILES string of the molecule is CNc1ccc(Cl)c(C(F)(F)F)c1.Cc1ccc(NC=O)cc1OCCN1CCOCC1. The monoisotopic (exact) mass is 473 g/mol. The molecule has 6 nitrogen and oxygen atoms in total. The molecule has 1 aliphatic rings. The third-order valence-electron chi connectivity index (χ3n) is 4.74. The van der Waals surface area contributed by atoms with Crippen molar-refractivity contribution in [2.75, 3.05) is 57.1 Å². The lowest BCUT2D eigenvalue weighted by molar-refractivity contribution is -0.137. The molecule has 1 saturated heterocycles. The van der Waals surface area contributed by atoms with Crippen molar-refractivity contribution in [3.05, 3.63) is 52.5 Å². The molecule has 10 heteroatoms. The van der Waals surface area contributed by atoms with Gasteiger partial charge in [0, 0.05) is 44.1 Å². The summed E-state index contributed by atoms with van der Waals surface area (Å²) in [6, 6.07) is 9.33. The largest absolute Gasteiger partial charge is 0.492 e. The van der Waals surface area contributed by atoms with Gasteiger partial charge in [-0.2, -0.15) is 13.2 Å². The molecule has 3 rings (SSSR count). The molecule has 1 amide bonds. The summed E-state index contributed by atoms with van der Waals surface area (Å²) < 4.78 is 47.8. The Morgan fingerprint density at radius 2 is 1.84 bits per heavy atom. The second-order valence-electron chi connectivity index (χ2n) is 6.99. The number of carbonyl (C=O) groups excluding carboxylic acids is 1. The van der Waals surface area contributed by atoms with Gasteiger partial charge >= 0.3 is 6.18 Å². The zero-order valence-electron chi connectivity index (χ0n) is 18.0. The summed E-state index contributed by atoms with van der Waals surface area (Å²) in [5.41, 5.74) is 1.39. The standard InChI is InChI=1S/C14H20N2O3.C8H7ClF3N/c1-12-2-3-13(15-11-17)10-14(12)19-9-6-16-4-7-18-8-5-16;1-13-5-2-3-7(9)6(4-5)8(10,11)12/h2-3,10-11H,4-9H2,1H3,(H,15,17);2-4,13H,1H3. The molecule has 2 N–H and O–H groups in total. The van der Waals surface area contributed by atoms with Crippen molar-refractivity contribution in [3.8, 4) is 5.75 Å². The molecule has 0 spiro atoms. The van der Waals surface area contributed by atoms with Gasteiger partial charge in [-0.05, 0) is 36.8 Å². The first-order valence-electron chi connectivity index (χ1n) is 10.0. The fourth-order valence-corrected chi connectivity index (χ4v) is 3.15. The van der Waals surface area contributed by atoms with E-state index < -0.39 is 11.7 Å². The van der Waals surface area contributed by atoms with Crippen molar-refractivity contribution in [2.45, 2.75) is 13.1 Å². The molecule has 0 radical (unpaired) electrons. The number of alkyl halides is 3. The first-order chi connectivity index (χ1) is 15.2. The Hall–Kier alpha value is -2.49. The zero-order chi connectivity index (χ0) is 23.6. The minimum absolute atomic E-state index is 0.286. The molecule has 1 fully saturated rings. The molecule has 1 aliphatic heterocycles. The highest BCUT2D eigenvalue weighted by Gasteiger charge is 2.33. The van der Waals surface area contributed by atoms with E-state index >= 15 is 0 Å². The third kappa shape index (κ3) is 8.22. The quantitative estimate of drug-likeness (QED) is 0.572. The summed E-state index contributed by atoms with van der Waals surface area (Å²) in [4.78, 5) is 12.7. The number of anilines is 2. The van der Waals surface area contributed by atoms with E-state index in [1.807, 2.05) is 25.1 Å². The van der Waals surface area contributed by atoms with Crippen molar-refractivity contribution in [1.82, 2.24) is 4.90 Å². The van der Waals surface area contributed by atoms with E-state index in [1.54, 1.807) is 7.05 Å². The van der Waals surface area contributed by atoms with Gasteiger partial charge in [-0.1, -0.05) is 17.7 Å². The van der Waals surface area contributed by atoms with Crippen molar-refractivity contribution in [2.24, 2.45) is 0 Å². The van der Waals surface area contributed by atoms with Crippen LogP contribution in [0.1, 0.15) is 11.1 Å². The van der Waals surface area contributed by atoms with Gasteiger partial charge in [0.25, 0.3) is 0 Å². The Kier molecular flexibility index (Phi) is 10.1. The van der Waals surface area contributed by atoms with Crippen LogP contribution >= 0.6 is 11.6 Å². The number of rotatable bonds is 7. The van der Waals surface area contributed by atoms with Crippen LogP contribution in [0.2, 0.25) is 5.02 Å². The number of morpholine rings is 1. The molecular formula is C22H27ClF3N3O3. The number of ether oxygens (including phenoxy) is 2. The Balaban J connectivity index is 0.000000244. The number of nitrogens with one attached hydrogen (secondary N) is 2. The molecular weight excluding hydrogens is 447 g/mol. The van der Waals surface area contributed by atoms with Gasteiger partial charge < -0.3 is 20.1 Å². The smallest absolute Gasteiger partial charge is 0.417 e. The summed E-state index contributed by atoms with van der Waals surface area (Å²) >= 11 is 5.39. The fourth-order valence-electron chi connectivity index (χ4n) is 2.92. The summed E-state index contributed by atoms with van der Waals surface area (Å²) in [5.74, 6) is 0.820. The summed E-state index contributed by atoms with van der Waals surface area (Å²) in [6.07, 6.45) is -3.73. The maximum absolute atomic E-state index is 12.3. The van der Waals surface area contributed by atoms with Crippen LogP contribution in [0.3, 0.4) is 0 Å². The van der Waals surface area contributed by atoms with Crippen LogP contribution in [0.4, 0.5) is 24.5 Å². The van der Waals surface area contributed by atoms with Gasteiger partial charge in [0.1, 0.15) is 12.4 Å². The average molecular weight is 474 g/mol. The predicted molar refractivity (Wildman–Crippen MR) is 120 cm³/mol. The van der Waals surface area contributed by atoms with Crippen molar-refractivity contribution >= 4 is 29.4 Å². The van der Waals surface area contributed by atoms with E-state index in [9.17, 15) is 18.0 Å². The molecule has 1 heterocycles. The Bertz CT molecular complexity index is 875. The molecule has 0 aliphatic carbocycles. The van der Waals surface area contributed by atoms with Crippen LogP contribution in [0.5, 0.6) is 5.75 Å². The van der Waals surface area contributed by atoms with E-state index in [2.05, 4.69) is 15.5 Å². The maximum Gasteiger partial charge on any atom is 0.417 e. The van der Waals surface area contributed by atoms with E-state index in [0.717, 1.165) is 55.9 Å². The first kappa shape index (κ1) is 25.8. The lowest BCUT2D eigenvalue weighted by Gasteiger charge is -2.26. The second kappa shape index (κ2) is 12.5. The van der Waals surface area contributed by atoms with Crippen molar-refractivity contribution in [3.63, 3.8) is 0 Å². The van der Waals surface area contributed by atoms with Crippen LogP contribution in [-0.2, 0) is 15.7 Å². The highest BCUT2D eigenvalue weighted by molar-refractivity contribution is 6.31.